The molecule has 0 aromatic heterocycles. The topological polar surface area (TPSA) is 99.3 Å². The Bertz CT molecular complexity index is 641. The van der Waals surface area contributed by atoms with Gasteiger partial charge in [-0.15, -0.1) is 0 Å². The molecule has 1 fully saturated rings. The summed E-state index contributed by atoms with van der Waals surface area (Å²) in [4.78, 5) is 23.8. The van der Waals surface area contributed by atoms with Crippen LogP contribution in [0.25, 0.3) is 0 Å². The summed E-state index contributed by atoms with van der Waals surface area (Å²) in [6.45, 7) is 2.38. The molecule has 0 saturated carbocycles. The highest BCUT2D eigenvalue weighted by Gasteiger charge is 2.30. The van der Waals surface area contributed by atoms with Gasteiger partial charge < -0.3 is 10.2 Å². The number of nitro benzene ring substituents is 1. The van der Waals surface area contributed by atoms with Gasteiger partial charge in [0.15, 0.2) is 0 Å². The molecule has 1 aliphatic rings. The van der Waals surface area contributed by atoms with Crippen molar-refractivity contribution in [2.75, 3.05) is 19.6 Å². The molecule has 1 amide bonds. The van der Waals surface area contributed by atoms with Crippen LogP contribution in [0.5, 0.6) is 0 Å². The molecule has 1 unspecified atom stereocenters. The summed E-state index contributed by atoms with van der Waals surface area (Å²) in [6.07, 6.45) is 0. The summed E-state index contributed by atoms with van der Waals surface area (Å²) in [5.74, 6) is -1.49. The number of nitrogens with one attached hydrogen (secondary N) is 1. The number of nitrogens with zero attached hydrogens (tertiary/aromatic N) is 3. The van der Waals surface area contributed by atoms with E-state index >= 15 is 0 Å². The van der Waals surface area contributed by atoms with E-state index in [0.717, 1.165) is 12.1 Å². The second-order valence-corrected chi connectivity index (χ2v) is 4.73. The lowest BCUT2D eigenvalue weighted by atomic mass is 10.1. The van der Waals surface area contributed by atoms with E-state index < -0.39 is 22.7 Å². The third-order valence-corrected chi connectivity index (χ3v) is 3.33. The molecule has 1 N–H and O–H groups in total. The van der Waals surface area contributed by atoms with E-state index in [9.17, 15) is 19.3 Å². The van der Waals surface area contributed by atoms with Crippen molar-refractivity contribution in [3.05, 3.63) is 39.2 Å². The molecule has 8 heteroatoms. The predicted molar refractivity (Wildman–Crippen MR) is 71.1 cm³/mol. The number of rotatable bonds is 2. The van der Waals surface area contributed by atoms with E-state index in [4.69, 9.17) is 5.26 Å². The van der Waals surface area contributed by atoms with E-state index in [0.29, 0.717) is 6.54 Å². The number of hydrogen-bond acceptors (Lipinski definition) is 5. The molecule has 0 aliphatic carbocycles. The molecule has 1 heterocycles. The smallest absolute Gasteiger partial charge is 0.270 e. The monoisotopic (exact) mass is 292 g/mol. The number of carbonyl (C=O) groups is 1. The maximum atomic E-state index is 14.1. The average Bonchev–Trinajstić information content (AvgIpc) is 2.48. The lowest BCUT2D eigenvalue weighted by Gasteiger charge is -2.32. The number of amides is 1. The van der Waals surface area contributed by atoms with Crippen molar-refractivity contribution in [3.8, 4) is 6.07 Å². The molecular weight excluding hydrogens is 279 g/mol. The second kappa shape index (κ2) is 5.85. The van der Waals surface area contributed by atoms with E-state index in [-0.39, 0.29) is 29.9 Å². The number of carbonyl (C=O) groups excluding carboxylic acids is 1. The summed E-state index contributed by atoms with van der Waals surface area (Å²) in [5.41, 5.74) is -0.694. The Hall–Kier alpha value is -2.53. The van der Waals surface area contributed by atoms with E-state index in [1.807, 2.05) is 6.07 Å². The second-order valence-electron chi connectivity index (χ2n) is 4.73. The Kier molecular flexibility index (Phi) is 4.14. The summed E-state index contributed by atoms with van der Waals surface area (Å²) in [5, 5.41) is 22.8. The molecule has 21 heavy (non-hydrogen) atoms. The highest BCUT2D eigenvalue weighted by atomic mass is 19.1. The Balaban J connectivity index is 2.43. The summed E-state index contributed by atoms with van der Waals surface area (Å²) in [6, 6.07) is 3.24. The summed E-state index contributed by atoms with van der Waals surface area (Å²) < 4.78 is 14.1. The molecule has 1 aromatic carbocycles. The lowest BCUT2D eigenvalue weighted by Crippen LogP contribution is -2.53. The summed E-state index contributed by atoms with van der Waals surface area (Å²) >= 11 is 0. The van der Waals surface area contributed by atoms with Crippen molar-refractivity contribution in [2.24, 2.45) is 0 Å². The number of piperazine rings is 1. The van der Waals surface area contributed by atoms with Crippen LogP contribution in [0.3, 0.4) is 0 Å². The molecule has 1 saturated heterocycles. The Morgan fingerprint density at radius 3 is 2.95 bits per heavy atom. The number of hydrogen-bond donors (Lipinski definition) is 1. The fourth-order valence-electron chi connectivity index (χ4n) is 2.23. The Morgan fingerprint density at radius 1 is 1.62 bits per heavy atom. The van der Waals surface area contributed by atoms with E-state index in [2.05, 4.69) is 5.32 Å². The third kappa shape index (κ3) is 2.83. The van der Waals surface area contributed by atoms with Crippen LogP contribution in [-0.2, 0) is 0 Å². The van der Waals surface area contributed by atoms with Crippen LogP contribution in [0.1, 0.15) is 15.9 Å². The maximum absolute atomic E-state index is 14.1. The highest BCUT2D eigenvalue weighted by molar-refractivity contribution is 5.96. The fraction of sp³-hybridized carbons (Fsp3) is 0.385. The van der Waals surface area contributed by atoms with Crippen molar-refractivity contribution >= 4 is 11.6 Å². The minimum atomic E-state index is -0.791. The zero-order chi connectivity index (χ0) is 15.6. The van der Waals surface area contributed by atoms with Crippen LogP contribution < -0.4 is 5.32 Å². The molecular formula is C13H13FN4O3. The molecule has 7 nitrogen and oxygen atoms in total. The molecule has 110 valence electrons. The first kappa shape index (κ1) is 14.9. The van der Waals surface area contributed by atoms with Gasteiger partial charge in [0.2, 0.25) is 0 Å². The van der Waals surface area contributed by atoms with Gasteiger partial charge in [-0.05, 0) is 12.5 Å². The lowest BCUT2D eigenvalue weighted by molar-refractivity contribution is -0.385. The van der Waals surface area contributed by atoms with Crippen molar-refractivity contribution in [1.82, 2.24) is 10.2 Å². The molecule has 0 radical (unpaired) electrons. The minimum Gasteiger partial charge on any atom is -0.320 e. The van der Waals surface area contributed by atoms with Gasteiger partial charge in [-0.2, -0.15) is 5.26 Å². The number of non-ortho nitro benzene ring substituents is 1. The van der Waals surface area contributed by atoms with Crippen LogP contribution in [0.4, 0.5) is 10.1 Å². The number of halogens is 1. The van der Waals surface area contributed by atoms with Gasteiger partial charge in [0.1, 0.15) is 11.9 Å². The SMILES string of the molecule is Cc1cc([N+](=O)[O-])cc(C(=O)N2CCNCC2C#N)c1F. The number of nitriles is 1. The van der Waals surface area contributed by atoms with Crippen molar-refractivity contribution in [2.45, 2.75) is 13.0 Å². The highest BCUT2D eigenvalue weighted by Crippen LogP contribution is 2.23. The maximum Gasteiger partial charge on any atom is 0.270 e. The van der Waals surface area contributed by atoms with E-state index in [1.54, 1.807) is 0 Å². The minimum absolute atomic E-state index is 0.0243. The van der Waals surface area contributed by atoms with Crippen LogP contribution in [-0.4, -0.2) is 41.4 Å². The van der Waals surface area contributed by atoms with Crippen LogP contribution >= 0.6 is 0 Å². The quantitative estimate of drug-likeness (QED) is 0.647. The molecule has 1 aliphatic heterocycles. The first-order chi connectivity index (χ1) is 9.95. The zero-order valence-corrected chi connectivity index (χ0v) is 11.3. The van der Waals surface area contributed by atoms with Crippen molar-refractivity contribution < 1.29 is 14.1 Å². The van der Waals surface area contributed by atoms with Gasteiger partial charge in [-0.3, -0.25) is 14.9 Å². The van der Waals surface area contributed by atoms with Crippen molar-refractivity contribution in [1.29, 1.82) is 5.26 Å². The predicted octanol–water partition coefficient (Wildman–Crippen LogP) is 0.980. The first-order valence-corrected chi connectivity index (χ1v) is 6.31. The standard InChI is InChI=1S/C13H13FN4O3/c1-8-4-9(18(20)21)5-11(12(8)14)13(19)17-3-2-16-7-10(17)6-15/h4-5,10,16H,2-3,7H2,1H3. The summed E-state index contributed by atoms with van der Waals surface area (Å²) in [7, 11) is 0. The largest absolute Gasteiger partial charge is 0.320 e. The van der Waals surface area contributed by atoms with Gasteiger partial charge in [0, 0.05) is 31.8 Å². The van der Waals surface area contributed by atoms with Crippen molar-refractivity contribution in [3.63, 3.8) is 0 Å². The molecule has 2 rings (SSSR count). The fourth-order valence-corrected chi connectivity index (χ4v) is 2.23. The van der Waals surface area contributed by atoms with Gasteiger partial charge in [-0.1, -0.05) is 0 Å². The number of aryl methyl sites for hydroxylation is 1. The normalized spacial score (nSPS) is 18.1. The van der Waals surface area contributed by atoms with E-state index in [1.165, 1.54) is 11.8 Å². The molecule has 0 spiro atoms. The van der Waals surface area contributed by atoms with Crippen LogP contribution in [0, 0.1) is 34.2 Å². The molecule has 1 aromatic rings. The van der Waals surface area contributed by atoms with Gasteiger partial charge in [0.25, 0.3) is 11.6 Å². The average molecular weight is 292 g/mol. The Morgan fingerprint density at radius 2 is 2.33 bits per heavy atom. The van der Waals surface area contributed by atoms with Gasteiger partial charge >= 0.3 is 0 Å². The molecule has 1 atom stereocenters. The van der Waals surface area contributed by atoms with Gasteiger partial charge in [0.05, 0.1) is 16.6 Å². The number of benzene rings is 1. The Labute approximate surface area is 120 Å². The van der Waals surface area contributed by atoms with Gasteiger partial charge in [-0.25, -0.2) is 4.39 Å². The zero-order valence-electron chi connectivity index (χ0n) is 11.3. The molecule has 0 bridgehead atoms. The van der Waals surface area contributed by atoms with Crippen LogP contribution in [0.15, 0.2) is 12.1 Å². The number of nitro groups is 1. The third-order valence-electron chi connectivity index (χ3n) is 3.33. The first-order valence-electron chi connectivity index (χ1n) is 6.31. The van der Waals surface area contributed by atoms with Crippen LogP contribution in [0.2, 0.25) is 0 Å².